The van der Waals surface area contributed by atoms with E-state index in [0.717, 1.165) is 32.0 Å². The number of nitrogens with zero attached hydrogens (tertiary/aromatic N) is 3. The van der Waals surface area contributed by atoms with Gasteiger partial charge in [0.05, 0.1) is 18.9 Å². The SMILES string of the molecule is C=CN(c1ccc(N2CCOCC2)cc1)N(C)C. The third kappa shape index (κ3) is 2.83. The molecule has 18 heavy (non-hydrogen) atoms. The lowest BCUT2D eigenvalue weighted by atomic mass is 10.2. The Bertz CT molecular complexity index is 383. The topological polar surface area (TPSA) is 19.0 Å². The van der Waals surface area contributed by atoms with E-state index in [1.54, 1.807) is 0 Å². The third-order valence-electron chi connectivity index (χ3n) is 3.09. The molecule has 0 aromatic heterocycles. The summed E-state index contributed by atoms with van der Waals surface area (Å²) in [5, 5.41) is 4.00. The smallest absolute Gasteiger partial charge is 0.0642 e. The Labute approximate surface area is 109 Å². The van der Waals surface area contributed by atoms with E-state index in [1.807, 2.05) is 30.3 Å². The first-order valence-corrected chi connectivity index (χ1v) is 6.24. The van der Waals surface area contributed by atoms with Crippen molar-refractivity contribution < 1.29 is 4.74 Å². The van der Waals surface area contributed by atoms with Gasteiger partial charge in [-0.3, -0.25) is 5.01 Å². The van der Waals surface area contributed by atoms with E-state index in [2.05, 4.69) is 35.7 Å². The zero-order chi connectivity index (χ0) is 13.0. The maximum atomic E-state index is 5.36. The molecular formula is C14H21N3O. The second-order valence-corrected chi connectivity index (χ2v) is 4.49. The molecule has 1 aliphatic rings. The molecule has 0 N–H and O–H groups in total. The van der Waals surface area contributed by atoms with Crippen molar-refractivity contribution in [1.82, 2.24) is 5.01 Å². The van der Waals surface area contributed by atoms with Gasteiger partial charge in [0, 0.05) is 39.1 Å². The van der Waals surface area contributed by atoms with Crippen molar-refractivity contribution in [2.24, 2.45) is 0 Å². The molecule has 0 amide bonds. The van der Waals surface area contributed by atoms with Gasteiger partial charge >= 0.3 is 0 Å². The lowest BCUT2D eigenvalue weighted by molar-refractivity contribution is 0.122. The van der Waals surface area contributed by atoms with Gasteiger partial charge in [0.1, 0.15) is 0 Å². The molecule has 0 aliphatic carbocycles. The predicted molar refractivity (Wildman–Crippen MR) is 75.8 cm³/mol. The van der Waals surface area contributed by atoms with Gasteiger partial charge < -0.3 is 9.64 Å². The summed E-state index contributed by atoms with van der Waals surface area (Å²) in [5.74, 6) is 0. The van der Waals surface area contributed by atoms with Crippen LogP contribution in [0.2, 0.25) is 0 Å². The molecule has 1 heterocycles. The van der Waals surface area contributed by atoms with Crippen LogP contribution in [0.1, 0.15) is 0 Å². The highest BCUT2D eigenvalue weighted by Crippen LogP contribution is 2.22. The van der Waals surface area contributed by atoms with Crippen LogP contribution in [0.25, 0.3) is 0 Å². The highest BCUT2D eigenvalue weighted by molar-refractivity contribution is 5.57. The van der Waals surface area contributed by atoms with Crippen molar-refractivity contribution in [3.05, 3.63) is 37.0 Å². The van der Waals surface area contributed by atoms with E-state index in [9.17, 15) is 0 Å². The summed E-state index contributed by atoms with van der Waals surface area (Å²) in [6, 6.07) is 8.54. The normalized spacial score (nSPS) is 15.8. The molecule has 0 saturated carbocycles. The van der Waals surface area contributed by atoms with E-state index in [-0.39, 0.29) is 0 Å². The first-order valence-electron chi connectivity index (χ1n) is 6.24. The van der Waals surface area contributed by atoms with Crippen molar-refractivity contribution in [3.8, 4) is 0 Å². The van der Waals surface area contributed by atoms with Gasteiger partial charge in [-0.15, -0.1) is 0 Å². The van der Waals surface area contributed by atoms with Gasteiger partial charge in [-0.1, -0.05) is 6.58 Å². The second-order valence-electron chi connectivity index (χ2n) is 4.49. The molecule has 1 fully saturated rings. The monoisotopic (exact) mass is 247 g/mol. The molecule has 2 rings (SSSR count). The molecule has 0 atom stereocenters. The molecule has 98 valence electrons. The van der Waals surface area contributed by atoms with Gasteiger partial charge in [0.25, 0.3) is 0 Å². The molecule has 1 aliphatic heterocycles. The van der Waals surface area contributed by atoms with Crippen LogP contribution in [0, 0.1) is 0 Å². The first-order chi connectivity index (χ1) is 8.72. The average Bonchev–Trinajstić information content (AvgIpc) is 2.41. The molecule has 0 spiro atoms. The maximum Gasteiger partial charge on any atom is 0.0642 e. The minimum absolute atomic E-state index is 0.818. The average molecular weight is 247 g/mol. The number of hydrazine groups is 1. The van der Waals surface area contributed by atoms with E-state index in [1.165, 1.54) is 5.69 Å². The van der Waals surface area contributed by atoms with Crippen molar-refractivity contribution in [1.29, 1.82) is 0 Å². The summed E-state index contributed by atoms with van der Waals surface area (Å²) in [6.07, 6.45) is 1.81. The van der Waals surface area contributed by atoms with Crippen LogP contribution in [0.3, 0.4) is 0 Å². The van der Waals surface area contributed by atoms with Crippen LogP contribution in [-0.2, 0) is 4.74 Å². The van der Waals surface area contributed by atoms with Crippen LogP contribution >= 0.6 is 0 Å². The predicted octanol–water partition coefficient (Wildman–Crippen LogP) is 1.95. The number of hydrogen-bond donors (Lipinski definition) is 0. The summed E-state index contributed by atoms with van der Waals surface area (Å²) in [6.45, 7) is 7.40. The highest BCUT2D eigenvalue weighted by Gasteiger charge is 2.11. The Morgan fingerprint density at radius 2 is 1.78 bits per heavy atom. The molecule has 1 aromatic rings. The summed E-state index contributed by atoms with van der Waals surface area (Å²) < 4.78 is 5.36. The zero-order valence-electron chi connectivity index (χ0n) is 11.2. The number of morpholine rings is 1. The van der Waals surface area contributed by atoms with Crippen LogP contribution in [0.15, 0.2) is 37.0 Å². The van der Waals surface area contributed by atoms with Crippen molar-refractivity contribution in [3.63, 3.8) is 0 Å². The summed E-state index contributed by atoms with van der Waals surface area (Å²) in [7, 11) is 4.00. The van der Waals surface area contributed by atoms with Gasteiger partial charge in [0.15, 0.2) is 0 Å². The minimum Gasteiger partial charge on any atom is -0.378 e. The zero-order valence-corrected chi connectivity index (χ0v) is 11.2. The van der Waals surface area contributed by atoms with Crippen molar-refractivity contribution in [2.75, 3.05) is 50.3 Å². The van der Waals surface area contributed by atoms with Crippen LogP contribution in [-0.4, -0.2) is 45.4 Å². The fourth-order valence-electron chi connectivity index (χ4n) is 2.14. The Hall–Kier alpha value is -1.52. The standard InChI is InChI=1S/C14H21N3O/c1-4-17(15(2)3)14-7-5-13(6-8-14)16-9-11-18-12-10-16/h4-8H,1,9-12H2,2-3H3. The molecule has 1 aromatic carbocycles. The molecule has 0 bridgehead atoms. The van der Waals surface area contributed by atoms with E-state index in [0.29, 0.717) is 0 Å². The molecular weight excluding hydrogens is 226 g/mol. The third-order valence-corrected chi connectivity index (χ3v) is 3.09. The lowest BCUT2D eigenvalue weighted by Gasteiger charge is -2.30. The van der Waals surface area contributed by atoms with Gasteiger partial charge in [-0.2, -0.15) is 0 Å². The Balaban J connectivity index is 2.11. The van der Waals surface area contributed by atoms with Gasteiger partial charge in [-0.05, 0) is 24.3 Å². The Morgan fingerprint density at radius 3 is 2.28 bits per heavy atom. The Kier molecular flexibility index (Phi) is 4.23. The number of anilines is 2. The largest absolute Gasteiger partial charge is 0.378 e. The highest BCUT2D eigenvalue weighted by atomic mass is 16.5. The van der Waals surface area contributed by atoms with Crippen LogP contribution in [0.5, 0.6) is 0 Å². The summed E-state index contributed by atoms with van der Waals surface area (Å²) >= 11 is 0. The molecule has 0 unspecified atom stereocenters. The van der Waals surface area contributed by atoms with E-state index in [4.69, 9.17) is 4.74 Å². The van der Waals surface area contributed by atoms with Gasteiger partial charge in [-0.25, -0.2) is 5.01 Å². The van der Waals surface area contributed by atoms with Crippen molar-refractivity contribution in [2.45, 2.75) is 0 Å². The second kappa shape index (κ2) is 5.89. The summed E-state index contributed by atoms with van der Waals surface area (Å²) in [4.78, 5) is 2.35. The maximum absolute atomic E-state index is 5.36. The summed E-state index contributed by atoms with van der Waals surface area (Å²) in [5.41, 5.74) is 2.37. The lowest BCUT2D eigenvalue weighted by Crippen LogP contribution is -2.36. The van der Waals surface area contributed by atoms with Crippen LogP contribution in [0.4, 0.5) is 11.4 Å². The molecule has 4 nitrogen and oxygen atoms in total. The number of benzene rings is 1. The van der Waals surface area contributed by atoms with Crippen LogP contribution < -0.4 is 9.91 Å². The fourth-order valence-corrected chi connectivity index (χ4v) is 2.14. The van der Waals surface area contributed by atoms with Gasteiger partial charge in [0.2, 0.25) is 0 Å². The van der Waals surface area contributed by atoms with E-state index >= 15 is 0 Å². The fraction of sp³-hybridized carbons (Fsp3) is 0.429. The first kappa shape index (κ1) is 12.9. The number of rotatable bonds is 4. The molecule has 1 saturated heterocycles. The number of hydrogen-bond acceptors (Lipinski definition) is 4. The number of ether oxygens (including phenoxy) is 1. The molecule has 4 heteroatoms. The van der Waals surface area contributed by atoms with E-state index < -0.39 is 0 Å². The molecule has 0 radical (unpaired) electrons. The van der Waals surface area contributed by atoms with Crippen molar-refractivity contribution >= 4 is 11.4 Å². The Morgan fingerprint density at radius 1 is 1.17 bits per heavy atom. The minimum atomic E-state index is 0.818. The quantitative estimate of drug-likeness (QED) is 0.757.